The molecule has 2 heterocycles. The van der Waals surface area contributed by atoms with Gasteiger partial charge in [0.15, 0.2) is 0 Å². The summed E-state index contributed by atoms with van der Waals surface area (Å²) >= 11 is 0. The number of fused-ring (bicyclic) bond motifs is 2. The highest BCUT2D eigenvalue weighted by Crippen LogP contribution is 2.34. The van der Waals surface area contributed by atoms with Crippen LogP contribution in [0.15, 0.2) is 158 Å². The van der Waals surface area contributed by atoms with Crippen molar-refractivity contribution in [3.63, 3.8) is 0 Å². The van der Waals surface area contributed by atoms with Gasteiger partial charge in [0.25, 0.3) is 0 Å². The molecular formula is C43H34N2. The van der Waals surface area contributed by atoms with Crippen molar-refractivity contribution in [2.75, 3.05) is 0 Å². The third-order valence-corrected chi connectivity index (χ3v) is 8.56. The molecule has 0 fully saturated rings. The van der Waals surface area contributed by atoms with Crippen LogP contribution in [-0.2, 0) is 0 Å². The summed E-state index contributed by atoms with van der Waals surface area (Å²) in [6, 6.07) is 37.3. The van der Waals surface area contributed by atoms with Gasteiger partial charge in [-0.15, -0.1) is 0 Å². The third-order valence-electron chi connectivity index (χ3n) is 8.56. The van der Waals surface area contributed by atoms with Crippen LogP contribution < -0.4 is 10.4 Å². The van der Waals surface area contributed by atoms with Crippen molar-refractivity contribution in [2.24, 2.45) is 0 Å². The Labute approximate surface area is 264 Å². The molecular weight excluding hydrogens is 544 g/mol. The molecule has 0 spiro atoms. The minimum absolute atomic E-state index is 0.801. The van der Waals surface area contributed by atoms with Crippen molar-refractivity contribution in [1.29, 1.82) is 0 Å². The number of aryl methyl sites for hydroxylation is 2. The summed E-state index contributed by atoms with van der Waals surface area (Å²) in [5.74, 6) is 0. The van der Waals surface area contributed by atoms with Crippen LogP contribution in [0.5, 0.6) is 0 Å². The van der Waals surface area contributed by atoms with Crippen molar-refractivity contribution in [3.05, 3.63) is 191 Å². The number of rotatable bonds is 4. The van der Waals surface area contributed by atoms with Crippen LogP contribution >= 0.6 is 0 Å². The Morgan fingerprint density at radius 3 is 2.04 bits per heavy atom. The van der Waals surface area contributed by atoms with Crippen molar-refractivity contribution in [1.82, 2.24) is 9.97 Å². The first kappa shape index (κ1) is 28.2. The predicted molar refractivity (Wildman–Crippen MR) is 189 cm³/mol. The van der Waals surface area contributed by atoms with Crippen molar-refractivity contribution >= 4 is 21.9 Å². The lowest BCUT2D eigenvalue weighted by Gasteiger charge is -2.16. The Hall–Kier alpha value is -5.60. The second-order valence-corrected chi connectivity index (χ2v) is 11.6. The van der Waals surface area contributed by atoms with Gasteiger partial charge < -0.3 is 0 Å². The lowest BCUT2D eigenvalue weighted by atomic mass is 9.88. The van der Waals surface area contributed by atoms with Crippen LogP contribution in [0.25, 0.3) is 44.2 Å². The van der Waals surface area contributed by atoms with Gasteiger partial charge in [-0.2, -0.15) is 0 Å². The second kappa shape index (κ2) is 12.2. The van der Waals surface area contributed by atoms with E-state index in [0.29, 0.717) is 0 Å². The maximum atomic E-state index is 4.55. The summed E-state index contributed by atoms with van der Waals surface area (Å²) in [4.78, 5) is 8.98. The molecule has 0 atom stereocenters. The number of aromatic nitrogens is 2. The molecule has 7 rings (SSSR count). The molecule has 0 unspecified atom stereocenters. The Kier molecular flexibility index (Phi) is 7.63. The Morgan fingerprint density at radius 1 is 0.600 bits per heavy atom. The molecule has 2 aromatic heterocycles. The molecule has 0 bridgehead atoms. The van der Waals surface area contributed by atoms with Crippen LogP contribution in [0, 0.1) is 13.8 Å². The smallest absolute Gasteiger partial charge is 0.0373 e. The lowest BCUT2D eigenvalue weighted by Crippen LogP contribution is -2.30. The minimum Gasteiger partial charge on any atom is -0.264 e. The van der Waals surface area contributed by atoms with E-state index in [4.69, 9.17) is 0 Å². The van der Waals surface area contributed by atoms with Gasteiger partial charge >= 0.3 is 0 Å². The van der Waals surface area contributed by atoms with Gasteiger partial charge in [-0.25, -0.2) is 0 Å². The van der Waals surface area contributed by atoms with Gasteiger partial charge in [0, 0.05) is 35.4 Å². The highest BCUT2D eigenvalue weighted by atomic mass is 14.7. The molecule has 6 aromatic rings. The van der Waals surface area contributed by atoms with Gasteiger partial charge in [0.2, 0.25) is 0 Å². The molecule has 0 saturated heterocycles. The second-order valence-electron chi connectivity index (χ2n) is 11.6. The number of hydrogen-bond donors (Lipinski definition) is 0. The van der Waals surface area contributed by atoms with E-state index in [1.54, 1.807) is 0 Å². The van der Waals surface area contributed by atoms with E-state index in [0.717, 1.165) is 51.1 Å². The largest absolute Gasteiger partial charge is 0.264 e. The first-order chi connectivity index (χ1) is 22.1. The fourth-order valence-electron chi connectivity index (χ4n) is 6.35. The molecule has 0 radical (unpaired) electrons. The molecule has 0 amide bonds. The summed E-state index contributed by atoms with van der Waals surface area (Å²) in [6.45, 7) is 8.66. The van der Waals surface area contributed by atoms with Crippen LogP contribution in [0.2, 0.25) is 0 Å². The van der Waals surface area contributed by atoms with Crippen molar-refractivity contribution < 1.29 is 0 Å². The molecule has 1 aliphatic rings. The molecule has 2 heteroatoms. The topological polar surface area (TPSA) is 25.8 Å². The fraction of sp³-hybridized carbons (Fsp3) is 0.0698. The number of nitrogens with zero attached hydrogens (tertiary/aromatic N) is 2. The zero-order chi connectivity index (χ0) is 30.8. The van der Waals surface area contributed by atoms with E-state index in [1.165, 1.54) is 37.9 Å². The van der Waals surface area contributed by atoms with Gasteiger partial charge in [-0.1, -0.05) is 122 Å². The van der Waals surface area contributed by atoms with E-state index in [9.17, 15) is 0 Å². The van der Waals surface area contributed by atoms with Gasteiger partial charge in [-0.3, -0.25) is 9.97 Å². The maximum absolute atomic E-state index is 4.55. The van der Waals surface area contributed by atoms with Crippen molar-refractivity contribution in [2.45, 2.75) is 20.3 Å². The van der Waals surface area contributed by atoms with E-state index < -0.39 is 0 Å². The summed E-state index contributed by atoms with van der Waals surface area (Å²) in [5.41, 5.74) is 12.5. The van der Waals surface area contributed by atoms with Crippen molar-refractivity contribution in [3.8, 4) is 22.3 Å². The van der Waals surface area contributed by atoms with Crippen LogP contribution in [0.3, 0.4) is 0 Å². The highest BCUT2D eigenvalue weighted by molar-refractivity contribution is 6.03. The highest BCUT2D eigenvalue weighted by Gasteiger charge is 2.14. The van der Waals surface area contributed by atoms with Gasteiger partial charge in [0.05, 0.1) is 0 Å². The summed E-state index contributed by atoms with van der Waals surface area (Å²) < 4.78 is 0. The Morgan fingerprint density at radius 2 is 1.29 bits per heavy atom. The minimum atomic E-state index is 0.801. The molecule has 1 aliphatic carbocycles. The third kappa shape index (κ3) is 5.59. The van der Waals surface area contributed by atoms with E-state index in [2.05, 4.69) is 151 Å². The van der Waals surface area contributed by atoms with Gasteiger partial charge in [-0.05, 0) is 98.1 Å². The average Bonchev–Trinajstić information content (AvgIpc) is 3.07. The van der Waals surface area contributed by atoms with E-state index in [1.807, 2.05) is 25.5 Å². The molecule has 2 nitrogen and oxygen atoms in total. The standard InChI is InChI=1S/C43H34N2/c1-29-25-35(27-44-26-29)36-23-24-41(38-14-8-7-13-37(36)38)39-12-6-4-5-11-30(2)43(42-16-10-9-15-40(39)42)33-21-19-32(20-22-33)34-18-17-31(3)45-28-34/h4-11,13-28H,2,12H2,1,3H3/b6-4-,11-5-,40-39+,43-42?. The zero-order valence-electron chi connectivity index (χ0n) is 25.7. The quantitative estimate of drug-likeness (QED) is 0.209. The van der Waals surface area contributed by atoms with E-state index >= 15 is 0 Å². The van der Waals surface area contributed by atoms with Crippen LogP contribution in [0.4, 0.5) is 0 Å². The van der Waals surface area contributed by atoms with E-state index in [-0.39, 0.29) is 0 Å². The average molecular weight is 579 g/mol. The molecule has 0 N–H and O–H groups in total. The first-order valence-corrected chi connectivity index (χ1v) is 15.4. The summed E-state index contributed by atoms with van der Waals surface area (Å²) in [7, 11) is 0. The fourth-order valence-corrected chi connectivity index (χ4v) is 6.35. The summed E-state index contributed by atoms with van der Waals surface area (Å²) in [5, 5.41) is 4.86. The number of benzene rings is 4. The normalized spacial score (nSPS) is 15.9. The number of pyridine rings is 2. The van der Waals surface area contributed by atoms with Crippen LogP contribution in [0.1, 0.15) is 28.8 Å². The maximum Gasteiger partial charge on any atom is 0.0373 e. The molecule has 4 aromatic carbocycles. The predicted octanol–water partition coefficient (Wildman–Crippen LogP) is 9.05. The number of allylic oxidation sites excluding steroid dienone is 5. The zero-order valence-corrected chi connectivity index (χ0v) is 25.7. The SMILES string of the molecule is C=C1/C=C\C=C/C/C(c2ccc(-c3cncc(C)c3)c3ccccc23)=c2/ccccc2=C1c1ccc(-c2ccc(C)nc2)cc1. The molecule has 216 valence electrons. The molecule has 0 saturated carbocycles. The number of hydrogen-bond acceptors (Lipinski definition) is 2. The van der Waals surface area contributed by atoms with Gasteiger partial charge in [0.1, 0.15) is 0 Å². The monoisotopic (exact) mass is 578 g/mol. The Balaban J connectivity index is 1.49. The summed E-state index contributed by atoms with van der Waals surface area (Å²) in [6.07, 6.45) is 15.2. The molecule has 0 aliphatic heterocycles. The lowest BCUT2D eigenvalue weighted by molar-refractivity contribution is 1.20. The first-order valence-electron chi connectivity index (χ1n) is 15.4. The Bertz CT molecular complexity index is 2250. The van der Waals surface area contributed by atoms with Crippen LogP contribution in [-0.4, -0.2) is 9.97 Å². The molecule has 45 heavy (non-hydrogen) atoms.